The molecule has 1 aliphatic rings. The first-order chi connectivity index (χ1) is 11.0. The summed E-state index contributed by atoms with van der Waals surface area (Å²) in [6.07, 6.45) is 4.88. The highest BCUT2D eigenvalue weighted by Gasteiger charge is 2.27. The minimum Gasteiger partial charge on any atom is -0.352 e. The average molecular weight is 316 g/mol. The standard InChI is InChI=1S/C19H28N2O2/c1-4-18(22)21(13-16-9-7-8-14(2)12-16)15(3)19(23)20-17-10-5-6-11-17/h7-9,12,15,17H,4-6,10-11,13H2,1-3H3,(H,20,23)/t15-/m1/s1. The van der Waals surface area contributed by atoms with E-state index in [2.05, 4.69) is 11.4 Å². The van der Waals surface area contributed by atoms with Crippen molar-refractivity contribution in [3.05, 3.63) is 35.4 Å². The van der Waals surface area contributed by atoms with Crippen LogP contribution in [0.15, 0.2) is 24.3 Å². The lowest BCUT2D eigenvalue weighted by atomic mass is 10.1. The number of hydrogen-bond acceptors (Lipinski definition) is 2. The smallest absolute Gasteiger partial charge is 0.242 e. The van der Waals surface area contributed by atoms with E-state index in [0.717, 1.165) is 24.0 Å². The minimum absolute atomic E-state index is 0.0144. The van der Waals surface area contributed by atoms with Crippen LogP contribution in [0.5, 0.6) is 0 Å². The largest absolute Gasteiger partial charge is 0.352 e. The van der Waals surface area contributed by atoms with Crippen molar-refractivity contribution in [2.24, 2.45) is 0 Å². The van der Waals surface area contributed by atoms with E-state index in [1.807, 2.05) is 39.0 Å². The van der Waals surface area contributed by atoms with Gasteiger partial charge in [0.05, 0.1) is 0 Å². The normalized spacial score (nSPS) is 16.1. The van der Waals surface area contributed by atoms with Gasteiger partial charge in [0.2, 0.25) is 11.8 Å². The lowest BCUT2D eigenvalue weighted by molar-refractivity contribution is -0.140. The molecule has 1 fully saturated rings. The lowest BCUT2D eigenvalue weighted by Crippen LogP contribution is -2.49. The molecule has 2 rings (SSSR count). The minimum atomic E-state index is -0.441. The zero-order valence-corrected chi connectivity index (χ0v) is 14.5. The summed E-state index contributed by atoms with van der Waals surface area (Å²) in [6.45, 7) is 6.18. The van der Waals surface area contributed by atoms with Crippen LogP contribution < -0.4 is 5.32 Å². The first-order valence-electron chi connectivity index (χ1n) is 8.66. The van der Waals surface area contributed by atoms with Crippen molar-refractivity contribution in [3.63, 3.8) is 0 Å². The zero-order valence-electron chi connectivity index (χ0n) is 14.5. The summed E-state index contributed by atoms with van der Waals surface area (Å²) in [5.41, 5.74) is 2.22. The maximum Gasteiger partial charge on any atom is 0.242 e. The Kier molecular flexibility index (Phi) is 6.20. The molecule has 4 nitrogen and oxygen atoms in total. The Hall–Kier alpha value is -1.84. The second-order valence-electron chi connectivity index (χ2n) is 6.53. The van der Waals surface area contributed by atoms with E-state index in [1.165, 1.54) is 12.8 Å². The van der Waals surface area contributed by atoms with Crippen molar-refractivity contribution in [3.8, 4) is 0 Å². The van der Waals surface area contributed by atoms with Crippen LogP contribution in [0.4, 0.5) is 0 Å². The molecule has 0 heterocycles. The highest BCUT2D eigenvalue weighted by atomic mass is 16.2. The number of nitrogens with zero attached hydrogens (tertiary/aromatic N) is 1. The van der Waals surface area contributed by atoms with Crippen molar-refractivity contribution in [1.29, 1.82) is 0 Å². The molecule has 1 aliphatic carbocycles. The number of carbonyl (C=O) groups excluding carboxylic acids is 2. The highest BCUT2D eigenvalue weighted by Crippen LogP contribution is 2.18. The monoisotopic (exact) mass is 316 g/mol. The summed E-state index contributed by atoms with van der Waals surface area (Å²) < 4.78 is 0. The lowest BCUT2D eigenvalue weighted by Gasteiger charge is -2.29. The molecule has 1 saturated carbocycles. The van der Waals surface area contributed by atoms with Gasteiger partial charge in [0.15, 0.2) is 0 Å². The predicted octanol–water partition coefficient (Wildman–Crippen LogP) is 3.18. The van der Waals surface area contributed by atoms with Crippen molar-refractivity contribution >= 4 is 11.8 Å². The second-order valence-corrected chi connectivity index (χ2v) is 6.53. The third kappa shape index (κ3) is 4.81. The summed E-state index contributed by atoms with van der Waals surface area (Å²) in [6, 6.07) is 7.93. The number of carbonyl (C=O) groups is 2. The molecule has 2 amide bonds. The van der Waals surface area contributed by atoms with Gasteiger partial charge >= 0.3 is 0 Å². The van der Waals surface area contributed by atoms with Crippen molar-refractivity contribution < 1.29 is 9.59 Å². The van der Waals surface area contributed by atoms with Crippen LogP contribution in [0.2, 0.25) is 0 Å². The van der Waals surface area contributed by atoms with E-state index in [1.54, 1.807) is 4.90 Å². The van der Waals surface area contributed by atoms with Gasteiger partial charge in [0.25, 0.3) is 0 Å². The average Bonchev–Trinajstić information content (AvgIpc) is 3.04. The van der Waals surface area contributed by atoms with Gasteiger partial charge in [-0.15, -0.1) is 0 Å². The molecular formula is C19H28N2O2. The molecule has 23 heavy (non-hydrogen) atoms. The van der Waals surface area contributed by atoms with Gasteiger partial charge in [0.1, 0.15) is 6.04 Å². The molecule has 0 radical (unpaired) electrons. The number of nitrogens with one attached hydrogen (secondary N) is 1. The third-order valence-electron chi connectivity index (χ3n) is 4.61. The summed E-state index contributed by atoms with van der Waals surface area (Å²) >= 11 is 0. The molecule has 0 spiro atoms. The van der Waals surface area contributed by atoms with Crippen LogP contribution in [-0.2, 0) is 16.1 Å². The van der Waals surface area contributed by atoms with E-state index in [-0.39, 0.29) is 17.9 Å². The Morgan fingerprint density at radius 1 is 1.30 bits per heavy atom. The maximum absolute atomic E-state index is 12.5. The predicted molar refractivity (Wildman–Crippen MR) is 91.9 cm³/mol. The van der Waals surface area contributed by atoms with Gasteiger partial charge in [-0.25, -0.2) is 0 Å². The molecule has 1 aromatic rings. The fourth-order valence-electron chi connectivity index (χ4n) is 3.18. The Morgan fingerprint density at radius 2 is 2.00 bits per heavy atom. The Morgan fingerprint density at radius 3 is 2.61 bits per heavy atom. The van der Waals surface area contributed by atoms with E-state index in [4.69, 9.17) is 0 Å². The highest BCUT2D eigenvalue weighted by molar-refractivity contribution is 5.87. The first-order valence-corrected chi connectivity index (χ1v) is 8.66. The number of benzene rings is 1. The number of hydrogen-bond donors (Lipinski definition) is 1. The fourth-order valence-corrected chi connectivity index (χ4v) is 3.18. The third-order valence-corrected chi connectivity index (χ3v) is 4.61. The van der Waals surface area contributed by atoms with Crippen molar-refractivity contribution in [2.75, 3.05) is 0 Å². The molecular weight excluding hydrogens is 288 g/mol. The summed E-state index contributed by atoms with van der Waals surface area (Å²) in [5.74, 6) is -0.0214. The molecule has 1 atom stereocenters. The molecule has 4 heteroatoms. The quantitative estimate of drug-likeness (QED) is 0.876. The molecule has 1 N–H and O–H groups in total. The van der Waals surface area contributed by atoms with E-state index < -0.39 is 6.04 Å². The Bertz CT molecular complexity index is 550. The van der Waals surface area contributed by atoms with Crippen LogP contribution in [0.1, 0.15) is 57.1 Å². The zero-order chi connectivity index (χ0) is 16.8. The van der Waals surface area contributed by atoms with Gasteiger partial charge in [0, 0.05) is 19.0 Å². The SMILES string of the molecule is CCC(=O)N(Cc1cccc(C)c1)[C@H](C)C(=O)NC1CCCC1. The Labute approximate surface area is 139 Å². The molecule has 0 saturated heterocycles. The van der Waals surface area contributed by atoms with E-state index in [9.17, 15) is 9.59 Å². The summed E-state index contributed by atoms with van der Waals surface area (Å²) in [7, 11) is 0. The van der Waals surface area contributed by atoms with Crippen LogP contribution >= 0.6 is 0 Å². The van der Waals surface area contributed by atoms with E-state index >= 15 is 0 Å². The Balaban J connectivity index is 2.06. The van der Waals surface area contributed by atoms with Gasteiger partial charge in [-0.05, 0) is 32.3 Å². The summed E-state index contributed by atoms with van der Waals surface area (Å²) in [4.78, 5) is 26.5. The van der Waals surface area contributed by atoms with Crippen LogP contribution in [-0.4, -0.2) is 28.8 Å². The van der Waals surface area contributed by atoms with E-state index in [0.29, 0.717) is 13.0 Å². The maximum atomic E-state index is 12.5. The first kappa shape index (κ1) is 17.5. The molecule has 1 aromatic carbocycles. The van der Waals surface area contributed by atoms with Gasteiger partial charge in [-0.3, -0.25) is 9.59 Å². The summed E-state index contributed by atoms with van der Waals surface area (Å²) in [5, 5.41) is 3.10. The number of rotatable bonds is 6. The second kappa shape index (κ2) is 8.14. The van der Waals surface area contributed by atoms with Gasteiger partial charge in [-0.2, -0.15) is 0 Å². The molecule has 0 aliphatic heterocycles. The van der Waals surface area contributed by atoms with Gasteiger partial charge in [-0.1, -0.05) is 49.6 Å². The van der Waals surface area contributed by atoms with Crippen LogP contribution in [0.25, 0.3) is 0 Å². The van der Waals surface area contributed by atoms with Crippen molar-refractivity contribution in [1.82, 2.24) is 10.2 Å². The topological polar surface area (TPSA) is 49.4 Å². The molecule has 126 valence electrons. The number of amides is 2. The molecule has 0 aromatic heterocycles. The van der Waals surface area contributed by atoms with Gasteiger partial charge < -0.3 is 10.2 Å². The molecule has 0 unspecified atom stereocenters. The van der Waals surface area contributed by atoms with Crippen LogP contribution in [0.3, 0.4) is 0 Å². The van der Waals surface area contributed by atoms with Crippen molar-refractivity contribution in [2.45, 2.75) is 71.5 Å². The fraction of sp³-hybridized carbons (Fsp3) is 0.579. The number of aryl methyl sites for hydroxylation is 1. The van der Waals surface area contributed by atoms with Crippen LogP contribution in [0, 0.1) is 6.92 Å². The molecule has 0 bridgehead atoms.